The van der Waals surface area contributed by atoms with E-state index in [1.165, 1.54) is 16.7 Å². The second-order valence-corrected chi connectivity index (χ2v) is 5.56. The molecule has 1 nitrogen and oxygen atoms in total. The van der Waals surface area contributed by atoms with Crippen LogP contribution in [0.4, 0.5) is 0 Å². The van der Waals surface area contributed by atoms with E-state index < -0.39 is 6.10 Å². The van der Waals surface area contributed by atoms with Crippen LogP contribution >= 0.6 is 22.9 Å². The first kappa shape index (κ1) is 11.7. The zero-order chi connectivity index (χ0) is 12.5. The standard InChI is InChI=1S/C15H11ClOS/c16-13-8-14(18-9-13)15(17)12-6-5-10-3-1-2-4-11(10)7-12/h1-9,15,17H. The molecule has 0 aliphatic rings. The molecule has 1 heterocycles. The molecule has 0 saturated carbocycles. The molecular formula is C15H11ClOS. The second-order valence-electron chi connectivity index (χ2n) is 4.18. The zero-order valence-electron chi connectivity index (χ0n) is 9.51. The molecule has 0 radical (unpaired) electrons. The van der Waals surface area contributed by atoms with Gasteiger partial charge in [0.2, 0.25) is 0 Å². The van der Waals surface area contributed by atoms with Crippen molar-refractivity contribution < 1.29 is 5.11 Å². The number of thiophene rings is 1. The van der Waals surface area contributed by atoms with Gasteiger partial charge >= 0.3 is 0 Å². The fraction of sp³-hybridized carbons (Fsp3) is 0.0667. The molecule has 1 aromatic heterocycles. The topological polar surface area (TPSA) is 20.2 Å². The molecule has 3 rings (SSSR count). The summed E-state index contributed by atoms with van der Waals surface area (Å²) in [5.74, 6) is 0. The molecule has 1 N–H and O–H groups in total. The third-order valence-corrected chi connectivity index (χ3v) is 4.28. The largest absolute Gasteiger partial charge is 0.383 e. The van der Waals surface area contributed by atoms with Gasteiger partial charge in [-0.25, -0.2) is 0 Å². The van der Waals surface area contributed by atoms with E-state index in [0.717, 1.165) is 15.8 Å². The summed E-state index contributed by atoms with van der Waals surface area (Å²) in [6, 6.07) is 15.9. The molecule has 3 heteroatoms. The average molecular weight is 275 g/mol. The van der Waals surface area contributed by atoms with Crippen LogP contribution in [0.3, 0.4) is 0 Å². The van der Waals surface area contributed by atoms with Crippen molar-refractivity contribution in [1.29, 1.82) is 0 Å². The van der Waals surface area contributed by atoms with Gasteiger partial charge in [0.25, 0.3) is 0 Å². The molecular weight excluding hydrogens is 264 g/mol. The Morgan fingerprint density at radius 2 is 1.78 bits per heavy atom. The Balaban J connectivity index is 2.03. The second kappa shape index (κ2) is 4.73. The van der Waals surface area contributed by atoms with Crippen LogP contribution in [0, 0.1) is 0 Å². The third kappa shape index (κ3) is 2.15. The summed E-state index contributed by atoms with van der Waals surface area (Å²) in [7, 11) is 0. The number of hydrogen-bond acceptors (Lipinski definition) is 2. The van der Waals surface area contributed by atoms with Crippen LogP contribution in [0.2, 0.25) is 5.02 Å². The van der Waals surface area contributed by atoms with Gasteiger partial charge in [0.05, 0.1) is 5.02 Å². The van der Waals surface area contributed by atoms with E-state index in [1.54, 1.807) is 0 Å². The van der Waals surface area contributed by atoms with Crippen LogP contribution in [0.15, 0.2) is 53.9 Å². The maximum atomic E-state index is 10.3. The van der Waals surface area contributed by atoms with Crippen molar-refractivity contribution in [3.63, 3.8) is 0 Å². The van der Waals surface area contributed by atoms with Crippen molar-refractivity contribution in [2.24, 2.45) is 0 Å². The van der Waals surface area contributed by atoms with Gasteiger partial charge < -0.3 is 5.11 Å². The number of aliphatic hydroxyl groups is 1. The van der Waals surface area contributed by atoms with Crippen LogP contribution in [-0.2, 0) is 0 Å². The van der Waals surface area contributed by atoms with Crippen molar-refractivity contribution in [1.82, 2.24) is 0 Å². The summed E-state index contributed by atoms with van der Waals surface area (Å²) in [6.07, 6.45) is -0.605. The summed E-state index contributed by atoms with van der Waals surface area (Å²) >= 11 is 7.36. The number of benzene rings is 2. The van der Waals surface area contributed by atoms with Crippen LogP contribution in [0.5, 0.6) is 0 Å². The molecule has 0 saturated heterocycles. The van der Waals surface area contributed by atoms with E-state index in [0.29, 0.717) is 5.02 Å². The molecule has 0 bridgehead atoms. The van der Waals surface area contributed by atoms with Crippen molar-refractivity contribution in [2.75, 3.05) is 0 Å². The number of rotatable bonds is 2. The predicted octanol–water partition coefficient (Wildman–Crippen LogP) is 4.64. The monoisotopic (exact) mass is 274 g/mol. The lowest BCUT2D eigenvalue weighted by Crippen LogP contribution is -1.96. The smallest absolute Gasteiger partial charge is 0.113 e. The van der Waals surface area contributed by atoms with Gasteiger partial charge in [0.1, 0.15) is 6.10 Å². The molecule has 0 amide bonds. The van der Waals surface area contributed by atoms with Crippen LogP contribution in [0.25, 0.3) is 10.8 Å². The SMILES string of the molecule is OC(c1ccc2ccccc2c1)c1cc(Cl)cs1. The Morgan fingerprint density at radius 1 is 1.00 bits per heavy atom. The molecule has 0 fully saturated rings. The predicted molar refractivity (Wildman–Crippen MR) is 77.3 cm³/mol. The number of hydrogen-bond donors (Lipinski definition) is 1. The van der Waals surface area contributed by atoms with Crippen molar-refractivity contribution in [2.45, 2.75) is 6.10 Å². The van der Waals surface area contributed by atoms with Gasteiger partial charge in [-0.2, -0.15) is 0 Å². The van der Waals surface area contributed by atoms with E-state index in [-0.39, 0.29) is 0 Å². The maximum Gasteiger partial charge on any atom is 0.113 e. The van der Waals surface area contributed by atoms with E-state index >= 15 is 0 Å². The van der Waals surface area contributed by atoms with Gasteiger partial charge in [-0.05, 0) is 28.5 Å². The summed E-state index contributed by atoms with van der Waals surface area (Å²) in [5.41, 5.74) is 0.896. The molecule has 90 valence electrons. The lowest BCUT2D eigenvalue weighted by atomic mass is 10.0. The van der Waals surface area contributed by atoms with Crippen LogP contribution in [0.1, 0.15) is 16.5 Å². The van der Waals surface area contributed by atoms with Crippen molar-refractivity contribution >= 4 is 33.7 Å². The number of fused-ring (bicyclic) bond motifs is 1. The average Bonchev–Trinajstić information content (AvgIpc) is 2.84. The summed E-state index contributed by atoms with van der Waals surface area (Å²) in [5, 5.41) is 15.1. The quantitative estimate of drug-likeness (QED) is 0.722. The van der Waals surface area contributed by atoms with Crippen molar-refractivity contribution in [3.8, 4) is 0 Å². The molecule has 3 aromatic rings. The minimum Gasteiger partial charge on any atom is -0.383 e. The lowest BCUT2D eigenvalue weighted by molar-refractivity contribution is 0.224. The van der Waals surface area contributed by atoms with Gasteiger partial charge in [0, 0.05) is 10.3 Å². The first-order chi connectivity index (χ1) is 8.74. The Labute approximate surface area is 114 Å². The molecule has 0 aliphatic carbocycles. The van der Waals surface area contributed by atoms with E-state index in [2.05, 4.69) is 6.07 Å². The molecule has 18 heavy (non-hydrogen) atoms. The first-order valence-corrected chi connectivity index (χ1v) is 6.90. The minimum atomic E-state index is -0.605. The van der Waals surface area contributed by atoms with Gasteiger partial charge in [-0.1, -0.05) is 48.0 Å². The molecule has 0 spiro atoms. The molecule has 1 unspecified atom stereocenters. The fourth-order valence-corrected chi connectivity index (χ4v) is 3.11. The summed E-state index contributed by atoms with van der Waals surface area (Å²) in [6.45, 7) is 0. The number of aliphatic hydroxyl groups excluding tert-OH is 1. The maximum absolute atomic E-state index is 10.3. The summed E-state index contributed by atoms with van der Waals surface area (Å²) in [4.78, 5) is 0.871. The van der Waals surface area contributed by atoms with Crippen molar-refractivity contribution in [3.05, 3.63) is 69.4 Å². The highest BCUT2D eigenvalue weighted by molar-refractivity contribution is 7.10. The Kier molecular flexibility index (Phi) is 3.08. The van der Waals surface area contributed by atoms with Crippen LogP contribution in [-0.4, -0.2) is 5.11 Å². The lowest BCUT2D eigenvalue weighted by Gasteiger charge is -2.09. The van der Waals surface area contributed by atoms with Gasteiger partial charge in [0.15, 0.2) is 0 Å². The van der Waals surface area contributed by atoms with Crippen LogP contribution < -0.4 is 0 Å². The minimum absolute atomic E-state index is 0.605. The highest BCUT2D eigenvalue weighted by Gasteiger charge is 2.12. The van der Waals surface area contributed by atoms with E-state index in [1.807, 2.05) is 47.8 Å². The third-order valence-electron chi connectivity index (χ3n) is 2.95. The highest BCUT2D eigenvalue weighted by Crippen LogP contribution is 2.31. The normalized spacial score (nSPS) is 12.8. The first-order valence-electron chi connectivity index (χ1n) is 5.65. The number of halogens is 1. The molecule has 0 aliphatic heterocycles. The highest BCUT2D eigenvalue weighted by atomic mass is 35.5. The van der Waals surface area contributed by atoms with E-state index in [4.69, 9.17) is 11.6 Å². The molecule has 1 atom stereocenters. The fourth-order valence-electron chi connectivity index (χ4n) is 2.01. The summed E-state index contributed by atoms with van der Waals surface area (Å²) < 4.78 is 0. The molecule has 2 aromatic carbocycles. The zero-order valence-corrected chi connectivity index (χ0v) is 11.1. The Morgan fingerprint density at radius 3 is 2.50 bits per heavy atom. The Bertz CT molecular complexity index is 690. The van der Waals surface area contributed by atoms with Gasteiger partial charge in [-0.15, -0.1) is 11.3 Å². The Hall–Kier alpha value is -1.35. The van der Waals surface area contributed by atoms with E-state index in [9.17, 15) is 5.11 Å². The van der Waals surface area contributed by atoms with Gasteiger partial charge in [-0.3, -0.25) is 0 Å².